The molecule has 2 heterocycles. The molecule has 2 N–H and O–H groups in total. The summed E-state index contributed by atoms with van der Waals surface area (Å²) in [5.41, 5.74) is -2.16. The number of hydrogen-bond donors (Lipinski definition) is 2. The van der Waals surface area contributed by atoms with E-state index in [-0.39, 0.29) is 17.5 Å². The molecule has 6 nitrogen and oxygen atoms in total. The van der Waals surface area contributed by atoms with Gasteiger partial charge in [0.1, 0.15) is 30.7 Å². The van der Waals surface area contributed by atoms with Crippen LogP contribution in [0.4, 0.5) is 0 Å². The first-order chi connectivity index (χ1) is 9.63. The van der Waals surface area contributed by atoms with Crippen LogP contribution in [0.2, 0.25) is 0 Å². The van der Waals surface area contributed by atoms with Crippen LogP contribution in [0, 0.1) is 5.41 Å². The summed E-state index contributed by atoms with van der Waals surface area (Å²) in [6.45, 7) is 7.73. The van der Waals surface area contributed by atoms with Gasteiger partial charge < -0.3 is 19.7 Å². The zero-order valence-corrected chi connectivity index (χ0v) is 13.1. The van der Waals surface area contributed by atoms with E-state index >= 15 is 0 Å². The largest absolute Gasteiger partial charge is 0.478 e. The lowest BCUT2D eigenvalue weighted by molar-refractivity contribution is 0.0433. The quantitative estimate of drug-likeness (QED) is 0.807. The van der Waals surface area contributed by atoms with E-state index in [2.05, 4.69) is 9.98 Å². The average Bonchev–Trinajstić information content (AvgIpc) is 2.82. The van der Waals surface area contributed by atoms with Crippen molar-refractivity contribution < 1.29 is 19.7 Å². The van der Waals surface area contributed by atoms with E-state index in [0.717, 1.165) is 12.8 Å². The third-order valence-electron chi connectivity index (χ3n) is 4.50. The minimum Gasteiger partial charge on any atom is -0.478 e. The molecule has 3 aliphatic rings. The van der Waals surface area contributed by atoms with Crippen LogP contribution in [0.15, 0.2) is 9.98 Å². The molecule has 6 heteroatoms. The Morgan fingerprint density at radius 3 is 1.52 bits per heavy atom. The Morgan fingerprint density at radius 2 is 1.29 bits per heavy atom. The van der Waals surface area contributed by atoms with Crippen LogP contribution in [0.1, 0.15) is 40.5 Å². The zero-order chi connectivity index (χ0) is 15.5. The zero-order valence-electron chi connectivity index (χ0n) is 13.1. The van der Waals surface area contributed by atoms with Gasteiger partial charge in [-0.15, -0.1) is 0 Å². The van der Waals surface area contributed by atoms with E-state index in [0.29, 0.717) is 25.0 Å². The second kappa shape index (κ2) is 4.43. The van der Waals surface area contributed by atoms with Gasteiger partial charge in [0.2, 0.25) is 0 Å². The first kappa shape index (κ1) is 14.8. The van der Waals surface area contributed by atoms with Gasteiger partial charge in [0, 0.05) is 0 Å². The molecule has 0 aromatic rings. The molecule has 1 fully saturated rings. The van der Waals surface area contributed by atoms with Gasteiger partial charge in [-0.3, -0.25) is 0 Å². The fraction of sp³-hybridized carbons (Fsp3) is 0.867. The second-order valence-electron chi connectivity index (χ2n) is 7.41. The maximum Gasteiger partial charge on any atom is 0.199 e. The maximum atomic E-state index is 10.1. The summed E-state index contributed by atoms with van der Waals surface area (Å²) in [7, 11) is 0. The lowest BCUT2D eigenvalue weighted by atomic mass is 10.0. The first-order valence-electron chi connectivity index (χ1n) is 7.50. The predicted molar refractivity (Wildman–Crippen MR) is 78.6 cm³/mol. The summed E-state index contributed by atoms with van der Waals surface area (Å²) >= 11 is 0. The highest BCUT2D eigenvalue weighted by atomic mass is 16.5. The number of aliphatic imine (C=N–C) groups is 2. The standard InChI is InChI=1S/C15H24N2O4/c1-13(2,18)9-7-20-11(16-9)15(5-6-15)12-17-10(8-21-12)14(3,4)19/h9-10,18-19H,5-8H2,1-4H3/t9-,10-/m0/s1. The molecule has 0 amide bonds. The maximum absolute atomic E-state index is 10.1. The summed E-state index contributed by atoms with van der Waals surface area (Å²) in [5, 5.41) is 20.1. The molecule has 0 aromatic carbocycles. The molecule has 1 saturated carbocycles. The molecule has 2 atom stereocenters. The summed E-state index contributed by atoms with van der Waals surface area (Å²) in [6, 6.07) is -0.505. The van der Waals surface area contributed by atoms with Crippen molar-refractivity contribution in [3.63, 3.8) is 0 Å². The van der Waals surface area contributed by atoms with Crippen molar-refractivity contribution in [1.82, 2.24) is 0 Å². The molecule has 0 unspecified atom stereocenters. The van der Waals surface area contributed by atoms with Crippen LogP contribution >= 0.6 is 0 Å². The van der Waals surface area contributed by atoms with Gasteiger partial charge >= 0.3 is 0 Å². The van der Waals surface area contributed by atoms with Crippen LogP contribution in [0.25, 0.3) is 0 Å². The van der Waals surface area contributed by atoms with Gasteiger partial charge in [-0.1, -0.05) is 0 Å². The van der Waals surface area contributed by atoms with Gasteiger partial charge in [0.25, 0.3) is 0 Å². The van der Waals surface area contributed by atoms with Crippen molar-refractivity contribution in [2.45, 2.75) is 63.8 Å². The Hall–Kier alpha value is -1.14. The summed E-state index contributed by atoms with van der Waals surface area (Å²) in [5.74, 6) is 1.26. The molecule has 118 valence electrons. The van der Waals surface area contributed by atoms with Crippen molar-refractivity contribution in [3.8, 4) is 0 Å². The fourth-order valence-electron chi connectivity index (χ4n) is 2.64. The van der Waals surface area contributed by atoms with Crippen LogP contribution < -0.4 is 0 Å². The molecule has 21 heavy (non-hydrogen) atoms. The Bertz CT molecular complexity index is 453. The third kappa shape index (κ3) is 2.55. The fourth-order valence-corrected chi connectivity index (χ4v) is 2.64. The Morgan fingerprint density at radius 1 is 0.905 bits per heavy atom. The van der Waals surface area contributed by atoms with Crippen molar-refractivity contribution >= 4 is 11.8 Å². The normalized spacial score (nSPS) is 31.3. The number of hydrogen-bond acceptors (Lipinski definition) is 6. The topological polar surface area (TPSA) is 83.6 Å². The lowest BCUT2D eigenvalue weighted by Gasteiger charge is -2.20. The summed E-state index contributed by atoms with van der Waals surface area (Å²) < 4.78 is 11.4. The van der Waals surface area contributed by atoms with E-state index < -0.39 is 11.2 Å². The van der Waals surface area contributed by atoms with E-state index in [4.69, 9.17) is 9.47 Å². The number of rotatable bonds is 4. The van der Waals surface area contributed by atoms with Crippen molar-refractivity contribution in [2.75, 3.05) is 13.2 Å². The molecule has 2 aliphatic heterocycles. The van der Waals surface area contributed by atoms with Gasteiger partial charge in [0.05, 0.1) is 11.2 Å². The number of nitrogens with zero attached hydrogens (tertiary/aromatic N) is 2. The Balaban J connectivity index is 1.81. The van der Waals surface area contributed by atoms with E-state index in [1.807, 2.05) is 0 Å². The van der Waals surface area contributed by atoms with Gasteiger partial charge in [-0.05, 0) is 40.5 Å². The monoisotopic (exact) mass is 296 g/mol. The summed E-state index contributed by atoms with van der Waals surface area (Å²) in [4.78, 5) is 9.09. The summed E-state index contributed by atoms with van der Waals surface area (Å²) in [6.07, 6.45) is 1.78. The van der Waals surface area contributed by atoms with Crippen molar-refractivity contribution in [1.29, 1.82) is 0 Å². The molecular formula is C15H24N2O4. The van der Waals surface area contributed by atoms with Crippen LogP contribution in [-0.4, -0.2) is 58.5 Å². The van der Waals surface area contributed by atoms with Crippen LogP contribution in [-0.2, 0) is 9.47 Å². The first-order valence-corrected chi connectivity index (χ1v) is 7.50. The molecule has 0 bridgehead atoms. The van der Waals surface area contributed by atoms with E-state index in [1.165, 1.54) is 0 Å². The van der Waals surface area contributed by atoms with Crippen LogP contribution in [0.3, 0.4) is 0 Å². The smallest absolute Gasteiger partial charge is 0.199 e. The average molecular weight is 296 g/mol. The third-order valence-corrected chi connectivity index (χ3v) is 4.50. The number of aliphatic hydroxyl groups is 2. The highest BCUT2D eigenvalue weighted by Gasteiger charge is 2.59. The van der Waals surface area contributed by atoms with E-state index in [1.54, 1.807) is 27.7 Å². The highest BCUT2D eigenvalue weighted by molar-refractivity contribution is 6.09. The van der Waals surface area contributed by atoms with Crippen molar-refractivity contribution in [2.24, 2.45) is 15.4 Å². The van der Waals surface area contributed by atoms with Gasteiger partial charge in [0.15, 0.2) is 11.8 Å². The molecule has 3 rings (SSSR count). The van der Waals surface area contributed by atoms with Crippen LogP contribution in [0.5, 0.6) is 0 Å². The Labute approximate surface area is 124 Å². The van der Waals surface area contributed by atoms with Gasteiger partial charge in [-0.25, -0.2) is 9.98 Å². The molecule has 0 aromatic heterocycles. The lowest BCUT2D eigenvalue weighted by Crippen LogP contribution is -2.35. The second-order valence-corrected chi connectivity index (χ2v) is 7.41. The molecule has 1 aliphatic carbocycles. The van der Waals surface area contributed by atoms with Gasteiger partial charge in [-0.2, -0.15) is 0 Å². The Kier molecular flexibility index (Phi) is 3.12. The minimum absolute atomic E-state index is 0.253. The van der Waals surface area contributed by atoms with Crippen molar-refractivity contribution in [3.05, 3.63) is 0 Å². The number of ether oxygens (including phenoxy) is 2. The predicted octanol–water partition coefficient (Wildman–Crippen LogP) is 0.903. The molecule has 0 saturated heterocycles. The minimum atomic E-state index is -0.897. The molecule has 0 radical (unpaired) electrons. The highest BCUT2D eigenvalue weighted by Crippen LogP contribution is 2.51. The molecular weight excluding hydrogens is 272 g/mol. The SMILES string of the molecule is CC(C)(O)[C@@H]1COC(C2(C3=N[C@H](C(C)(C)O)CO3)CC2)=N1. The van der Waals surface area contributed by atoms with E-state index in [9.17, 15) is 10.2 Å². The molecule has 0 spiro atoms.